The molecule has 2 aromatic rings. The summed E-state index contributed by atoms with van der Waals surface area (Å²) in [5.41, 5.74) is 1.70. The van der Waals surface area contributed by atoms with Crippen LogP contribution in [0.5, 0.6) is 0 Å². The maximum Gasteiger partial charge on any atom is 0.163 e. The van der Waals surface area contributed by atoms with E-state index in [4.69, 9.17) is 11.6 Å². The van der Waals surface area contributed by atoms with E-state index in [9.17, 15) is 0 Å². The van der Waals surface area contributed by atoms with Gasteiger partial charge in [0, 0.05) is 19.2 Å². The fourth-order valence-electron chi connectivity index (χ4n) is 1.57. The molecule has 4 nitrogen and oxygen atoms in total. The lowest BCUT2D eigenvalue weighted by Crippen LogP contribution is -2.31. The molecule has 0 aromatic carbocycles. The summed E-state index contributed by atoms with van der Waals surface area (Å²) in [4.78, 5) is 8.78. The van der Waals surface area contributed by atoms with Gasteiger partial charge < -0.3 is 9.88 Å². The highest BCUT2D eigenvalue weighted by Crippen LogP contribution is 2.26. The molecule has 0 spiro atoms. The van der Waals surface area contributed by atoms with Crippen molar-refractivity contribution in [2.45, 2.75) is 33.7 Å². The average Bonchev–Trinajstić information content (AvgIpc) is 2.60. The molecule has 0 aliphatic heterocycles. The Kier molecular flexibility index (Phi) is 3.23. The first kappa shape index (κ1) is 13.1. The molecule has 0 aliphatic rings. The molecule has 98 valence electrons. The van der Waals surface area contributed by atoms with Crippen molar-refractivity contribution in [1.29, 1.82) is 0 Å². The van der Waals surface area contributed by atoms with Gasteiger partial charge in [0.15, 0.2) is 5.65 Å². The third-order valence-electron chi connectivity index (χ3n) is 3.29. The molecule has 2 heterocycles. The second-order valence-electron chi connectivity index (χ2n) is 5.75. The van der Waals surface area contributed by atoms with Gasteiger partial charge >= 0.3 is 0 Å². The van der Waals surface area contributed by atoms with Crippen LogP contribution in [0.25, 0.3) is 11.2 Å². The maximum atomic E-state index is 6.22. The van der Waals surface area contributed by atoms with Gasteiger partial charge in [-0.1, -0.05) is 32.4 Å². The third kappa shape index (κ3) is 2.43. The second kappa shape index (κ2) is 4.43. The number of nitrogens with zero attached hydrogens (tertiary/aromatic N) is 3. The van der Waals surface area contributed by atoms with Crippen LogP contribution in [-0.4, -0.2) is 20.6 Å². The molecule has 0 radical (unpaired) electrons. The lowest BCUT2D eigenvalue weighted by molar-refractivity contribution is 0.359. The number of nitrogens with one attached hydrogen (secondary N) is 1. The number of hydrogen-bond donors (Lipinski definition) is 1. The summed E-state index contributed by atoms with van der Waals surface area (Å²) in [5, 5.41) is 4.02. The lowest BCUT2D eigenvalue weighted by atomic mass is 9.88. The van der Waals surface area contributed by atoms with Crippen LogP contribution in [0.1, 0.15) is 27.7 Å². The number of pyridine rings is 1. The highest BCUT2D eigenvalue weighted by atomic mass is 35.5. The predicted octanol–water partition coefficient (Wildman–Crippen LogP) is 3.47. The molecule has 0 saturated heterocycles. The molecule has 1 atom stereocenters. The molecule has 0 saturated carbocycles. The highest BCUT2D eigenvalue weighted by Gasteiger charge is 2.20. The van der Waals surface area contributed by atoms with E-state index < -0.39 is 0 Å². The van der Waals surface area contributed by atoms with Gasteiger partial charge in [-0.15, -0.1) is 0 Å². The number of halogens is 1. The quantitative estimate of drug-likeness (QED) is 0.905. The molecule has 0 fully saturated rings. The van der Waals surface area contributed by atoms with Crippen molar-refractivity contribution in [1.82, 2.24) is 14.5 Å². The number of hydrogen-bond acceptors (Lipinski definition) is 3. The van der Waals surface area contributed by atoms with Crippen LogP contribution in [-0.2, 0) is 7.05 Å². The Morgan fingerprint density at radius 1 is 1.39 bits per heavy atom. The zero-order chi connectivity index (χ0) is 13.5. The van der Waals surface area contributed by atoms with E-state index in [0.717, 1.165) is 17.0 Å². The highest BCUT2D eigenvalue weighted by molar-refractivity contribution is 6.35. The Morgan fingerprint density at radius 2 is 2.06 bits per heavy atom. The van der Waals surface area contributed by atoms with Crippen molar-refractivity contribution in [3.8, 4) is 0 Å². The SMILES string of the molecule is CC(Nc1cc(Cl)c2ncn(C)c2n1)C(C)(C)C. The van der Waals surface area contributed by atoms with Crippen LogP contribution in [0.2, 0.25) is 5.02 Å². The summed E-state index contributed by atoms with van der Waals surface area (Å²) in [6, 6.07) is 2.13. The normalized spacial score (nSPS) is 13.9. The summed E-state index contributed by atoms with van der Waals surface area (Å²) < 4.78 is 1.87. The molecule has 1 N–H and O–H groups in total. The maximum absolute atomic E-state index is 6.22. The first-order valence-corrected chi connectivity index (χ1v) is 6.41. The van der Waals surface area contributed by atoms with Crippen molar-refractivity contribution in [3.05, 3.63) is 17.4 Å². The Morgan fingerprint density at radius 3 is 2.67 bits per heavy atom. The van der Waals surface area contributed by atoms with Gasteiger partial charge in [0.05, 0.1) is 11.3 Å². The van der Waals surface area contributed by atoms with Crippen LogP contribution < -0.4 is 5.32 Å². The van der Waals surface area contributed by atoms with Gasteiger partial charge in [-0.05, 0) is 12.3 Å². The zero-order valence-corrected chi connectivity index (χ0v) is 12.2. The minimum absolute atomic E-state index is 0.162. The van der Waals surface area contributed by atoms with Crippen molar-refractivity contribution in [2.75, 3.05) is 5.32 Å². The molecule has 0 aliphatic carbocycles. The zero-order valence-electron chi connectivity index (χ0n) is 11.5. The Hall–Kier alpha value is -1.29. The van der Waals surface area contributed by atoms with Crippen LogP contribution in [0.4, 0.5) is 5.82 Å². The fraction of sp³-hybridized carbons (Fsp3) is 0.538. The molecule has 0 amide bonds. The lowest BCUT2D eigenvalue weighted by Gasteiger charge is -2.28. The first-order valence-electron chi connectivity index (χ1n) is 6.03. The van der Waals surface area contributed by atoms with Crippen molar-refractivity contribution >= 4 is 28.6 Å². The number of imidazole rings is 1. The van der Waals surface area contributed by atoms with Gasteiger partial charge in [0.1, 0.15) is 11.3 Å². The molecule has 2 rings (SSSR count). The number of fused-ring (bicyclic) bond motifs is 1. The van der Waals surface area contributed by atoms with Gasteiger partial charge in [-0.25, -0.2) is 9.97 Å². The molecule has 1 unspecified atom stereocenters. The van der Waals surface area contributed by atoms with E-state index >= 15 is 0 Å². The van der Waals surface area contributed by atoms with E-state index in [1.54, 1.807) is 6.33 Å². The van der Waals surface area contributed by atoms with Crippen molar-refractivity contribution in [2.24, 2.45) is 12.5 Å². The van der Waals surface area contributed by atoms with E-state index in [-0.39, 0.29) is 5.41 Å². The van der Waals surface area contributed by atoms with Crippen LogP contribution >= 0.6 is 11.6 Å². The molecule has 5 heteroatoms. The number of aromatic nitrogens is 3. The van der Waals surface area contributed by atoms with Gasteiger partial charge in [-0.2, -0.15) is 0 Å². The number of aryl methyl sites for hydroxylation is 1. The van der Waals surface area contributed by atoms with Gasteiger partial charge in [0.2, 0.25) is 0 Å². The topological polar surface area (TPSA) is 42.7 Å². The summed E-state index contributed by atoms with van der Waals surface area (Å²) in [6.45, 7) is 8.71. The Bertz CT molecular complexity index is 568. The van der Waals surface area contributed by atoms with Crippen LogP contribution in [0, 0.1) is 5.41 Å². The van der Waals surface area contributed by atoms with E-state index in [1.165, 1.54) is 0 Å². The number of rotatable bonds is 2. The van der Waals surface area contributed by atoms with Crippen LogP contribution in [0.3, 0.4) is 0 Å². The summed E-state index contributed by atoms with van der Waals surface area (Å²) in [7, 11) is 1.91. The molecular weight excluding hydrogens is 248 g/mol. The summed E-state index contributed by atoms with van der Waals surface area (Å²) in [5.74, 6) is 0.790. The fourth-order valence-corrected chi connectivity index (χ4v) is 1.81. The summed E-state index contributed by atoms with van der Waals surface area (Å²) >= 11 is 6.22. The van der Waals surface area contributed by atoms with Crippen molar-refractivity contribution < 1.29 is 0 Å². The number of anilines is 1. The van der Waals surface area contributed by atoms with Gasteiger partial charge in [0.25, 0.3) is 0 Å². The monoisotopic (exact) mass is 266 g/mol. The largest absolute Gasteiger partial charge is 0.367 e. The summed E-state index contributed by atoms with van der Waals surface area (Å²) in [6.07, 6.45) is 1.72. The molecule has 2 aromatic heterocycles. The van der Waals surface area contributed by atoms with E-state index in [0.29, 0.717) is 11.1 Å². The Labute approximate surface area is 112 Å². The van der Waals surface area contributed by atoms with Gasteiger partial charge in [-0.3, -0.25) is 0 Å². The molecule has 18 heavy (non-hydrogen) atoms. The third-order valence-corrected chi connectivity index (χ3v) is 3.57. The van der Waals surface area contributed by atoms with E-state index in [1.807, 2.05) is 17.7 Å². The first-order chi connectivity index (χ1) is 8.29. The van der Waals surface area contributed by atoms with Crippen molar-refractivity contribution in [3.63, 3.8) is 0 Å². The minimum atomic E-state index is 0.162. The molecule has 0 bridgehead atoms. The predicted molar refractivity (Wildman–Crippen MR) is 76.1 cm³/mol. The van der Waals surface area contributed by atoms with E-state index in [2.05, 4.69) is 43.0 Å². The standard InChI is InChI=1S/C13H19ClN4/c1-8(13(2,3)4)16-10-6-9(14)11-12(17-10)18(5)7-15-11/h6-8H,1-5H3,(H,16,17). The second-order valence-corrected chi connectivity index (χ2v) is 6.16. The average molecular weight is 267 g/mol. The van der Waals surface area contributed by atoms with Crippen LogP contribution in [0.15, 0.2) is 12.4 Å². The molecular formula is C13H19ClN4. The minimum Gasteiger partial charge on any atom is -0.367 e. The smallest absolute Gasteiger partial charge is 0.163 e. The Balaban J connectivity index is 2.38.